The van der Waals surface area contributed by atoms with Gasteiger partial charge in [0.2, 0.25) is 30.0 Å². The highest BCUT2D eigenvalue weighted by Crippen LogP contribution is 2.28. The number of sulfonamides is 1. The molecule has 0 aliphatic rings. The number of rotatable bonds is 9. The van der Waals surface area contributed by atoms with E-state index >= 15 is 0 Å². The molecule has 0 fully saturated rings. The van der Waals surface area contributed by atoms with Crippen molar-refractivity contribution < 1.29 is 32.3 Å². The van der Waals surface area contributed by atoms with E-state index in [1.165, 1.54) is 34.4 Å². The molecule has 0 aliphatic carbocycles. The molecule has 2 aromatic rings. The van der Waals surface area contributed by atoms with Crippen LogP contribution < -0.4 is 25.2 Å². The number of nitrogens with zero attached hydrogens (tertiary/aromatic N) is 3. The Balaban J connectivity index is 2.75. The molecule has 31 heavy (non-hydrogen) atoms. The van der Waals surface area contributed by atoms with Gasteiger partial charge in [-0.2, -0.15) is 9.97 Å². The molecule has 0 aliphatic heterocycles. The Hall–Kier alpha value is -3.94. The van der Waals surface area contributed by atoms with Crippen LogP contribution in [0.3, 0.4) is 0 Å². The maximum atomic E-state index is 13.2. The number of amides is 3. The fourth-order valence-corrected chi connectivity index (χ4v) is 3.64. The number of carbonyl (C=O) groups is 3. The second-order valence-corrected chi connectivity index (χ2v) is 7.76. The van der Waals surface area contributed by atoms with Crippen molar-refractivity contribution in [2.45, 2.75) is 4.90 Å². The van der Waals surface area contributed by atoms with Crippen molar-refractivity contribution >= 4 is 39.9 Å². The largest absolute Gasteiger partial charge is 0.481 e. The summed E-state index contributed by atoms with van der Waals surface area (Å²) in [5.41, 5.74) is 4.38. The van der Waals surface area contributed by atoms with Gasteiger partial charge in [0.05, 0.1) is 31.4 Å². The zero-order valence-corrected chi connectivity index (χ0v) is 17.8. The van der Waals surface area contributed by atoms with Crippen molar-refractivity contribution in [2.24, 2.45) is 5.73 Å². The summed E-state index contributed by atoms with van der Waals surface area (Å²) in [5, 5.41) is 2.23. The monoisotopic (exact) mass is 452 g/mol. The van der Waals surface area contributed by atoms with E-state index in [2.05, 4.69) is 20.0 Å². The SMILES string of the molecule is COc1cc(OC)nc(NS(=O)(=O)c2cc(NC=O)cc(C(N)=O)c2C(=O)N(C)C)n1. The number of methoxy groups -OCH3 is 2. The smallest absolute Gasteiger partial charge is 0.265 e. The first-order valence-electron chi connectivity index (χ1n) is 8.43. The van der Waals surface area contributed by atoms with Gasteiger partial charge in [-0.15, -0.1) is 0 Å². The molecule has 0 atom stereocenters. The van der Waals surface area contributed by atoms with Crippen LogP contribution in [0, 0.1) is 0 Å². The van der Waals surface area contributed by atoms with Crippen LogP contribution in [0.2, 0.25) is 0 Å². The standard InChI is InChI=1S/C17H20N6O7S/c1-23(2)16(26)14-10(15(18)25)5-9(19-8-24)6-11(14)31(27,28)22-17-20-12(29-3)7-13(21-17)30-4/h5-8H,1-4H3,(H2,18,25)(H,19,24)(H,20,21,22). The maximum absolute atomic E-state index is 13.2. The number of hydrogen-bond donors (Lipinski definition) is 3. The fourth-order valence-electron chi connectivity index (χ4n) is 2.45. The quantitative estimate of drug-likeness (QED) is 0.428. The van der Waals surface area contributed by atoms with E-state index in [1.807, 2.05) is 0 Å². The molecule has 14 heteroatoms. The molecule has 2 rings (SSSR count). The topological polar surface area (TPSA) is 183 Å². The summed E-state index contributed by atoms with van der Waals surface area (Å²) in [6, 6.07) is 3.41. The van der Waals surface area contributed by atoms with Crippen molar-refractivity contribution in [3.05, 3.63) is 29.3 Å². The molecular formula is C17H20N6O7S. The number of nitrogens with one attached hydrogen (secondary N) is 2. The lowest BCUT2D eigenvalue weighted by Gasteiger charge is -2.18. The Labute approximate surface area is 177 Å². The van der Waals surface area contributed by atoms with Crippen LogP contribution in [-0.2, 0) is 14.8 Å². The molecule has 1 aromatic carbocycles. The number of benzene rings is 1. The van der Waals surface area contributed by atoms with Crippen molar-refractivity contribution in [1.29, 1.82) is 0 Å². The molecule has 0 unspecified atom stereocenters. The summed E-state index contributed by atoms with van der Waals surface area (Å²) < 4.78 is 38.4. The fraction of sp³-hybridized carbons (Fsp3) is 0.235. The Morgan fingerprint density at radius 3 is 2.13 bits per heavy atom. The van der Waals surface area contributed by atoms with E-state index < -0.39 is 43.8 Å². The third kappa shape index (κ3) is 5.16. The van der Waals surface area contributed by atoms with Gasteiger partial charge in [0.15, 0.2) is 0 Å². The van der Waals surface area contributed by atoms with Gasteiger partial charge in [-0.05, 0) is 12.1 Å². The summed E-state index contributed by atoms with van der Waals surface area (Å²) in [6.07, 6.45) is 0.271. The van der Waals surface area contributed by atoms with E-state index in [4.69, 9.17) is 15.2 Å². The molecule has 0 bridgehead atoms. The average Bonchev–Trinajstić information content (AvgIpc) is 2.71. The number of carbonyl (C=O) groups excluding carboxylic acids is 3. The maximum Gasteiger partial charge on any atom is 0.265 e. The van der Waals surface area contributed by atoms with Gasteiger partial charge in [0, 0.05) is 19.8 Å². The van der Waals surface area contributed by atoms with Crippen LogP contribution in [0.4, 0.5) is 11.6 Å². The third-order valence-corrected chi connectivity index (χ3v) is 5.18. The Morgan fingerprint density at radius 1 is 1.10 bits per heavy atom. The molecule has 1 aromatic heterocycles. The van der Waals surface area contributed by atoms with Gasteiger partial charge in [-0.1, -0.05) is 0 Å². The van der Waals surface area contributed by atoms with Crippen LogP contribution in [0.15, 0.2) is 23.1 Å². The van der Waals surface area contributed by atoms with Crippen LogP contribution in [0.5, 0.6) is 11.8 Å². The predicted octanol–water partition coefficient (Wildman–Crippen LogP) is -0.336. The highest BCUT2D eigenvalue weighted by atomic mass is 32.2. The van der Waals surface area contributed by atoms with Gasteiger partial charge < -0.3 is 25.4 Å². The Bertz CT molecular complexity index is 1110. The lowest BCUT2D eigenvalue weighted by atomic mass is 10.0. The van der Waals surface area contributed by atoms with Crippen molar-refractivity contribution in [3.8, 4) is 11.8 Å². The molecule has 4 N–H and O–H groups in total. The molecule has 1 heterocycles. The van der Waals surface area contributed by atoms with Crippen LogP contribution in [-0.4, -0.2) is 69.8 Å². The van der Waals surface area contributed by atoms with Crippen LogP contribution in [0.1, 0.15) is 20.7 Å². The number of aromatic nitrogens is 2. The van der Waals surface area contributed by atoms with Gasteiger partial charge >= 0.3 is 0 Å². The predicted molar refractivity (Wildman–Crippen MR) is 109 cm³/mol. The second kappa shape index (κ2) is 9.25. The molecule has 0 saturated carbocycles. The summed E-state index contributed by atoms with van der Waals surface area (Å²) in [6.45, 7) is 0. The number of ether oxygens (including phenoxy) is 2. The highest BCUT2D eigenvalue weighted by Gasteiger charge is 2.30. The minimum absolute atomic E-state index is 0.00309. The zero-order valence-electron chi connectivity index (χ0n) is 17.0. The van der Waals surface area contributed by atoms with Gasteiger partial charge in [-0.3, -0.25) is 14.4 Å². The molecule has 166 valence electrons. The minimum atomic E-state index is -4.57. The molecule has 3 amide bonds. The minimum Gasteiger partial charge on any atom is -0.481 e. The molecule has 13 nitrogen and oxygen atoms in total. The second-order valence-electron chi connectivity index (χ2n) is 6.10. The van der Waals surface area contributed by atoms with E-state index in [9.17, 15) is 22.8 Å². The summed E-state index contributed by atoms with van der Waals surface area (Å²) >= 11 is 0. The van der Waals surface area contributed by atoms with Crippen LogP contribution in [0.25, 0.3) is 0 Å². The number of primary amides is 1. The van der Waals surface area contributed by atoms with E-state index in [0.29, 0.717) is 0 Å². The van der Waals surface area contributed by atoms with Crippen LogP contribution >= 0.6 is 0 Å². The zero-order chi connectivity index (χ0) is 23.3. The molecule has 0 radical (unpaired) electrons. The van der Waals surface area contributed by atoms with Gasteiger partial charge in [0.25, 0.3) is 15.9 Å². The number of nitrogens with two attached hydrogens (primary N) is 1. The van der Waals surface area contributed by atoms with E-state index in [-0.39, 0.29) is 23.9 Å². The van der Waals surface area contributed by atoms with Crippen molar-refractivity contribution in [2.75, 3.05) is 38.4 Å². The van der Waals surface area contributed by atoms with Crippen molar-refractivity contribution in [3.63, 3.8) is 0 Å². The lowest BCUT2D eigenvalue weighted by molar-refractivity contribution is -0.105. The highest BCUT2D eigenvalue weighted by molar-refractivity contribution is 7.92. The Morgan fingerprint density at radius 2 is 1.68 bits per heavy atom. The van der Waals surface area contributed by atoms with E-state index in [1.54, 1.807) is 0 Å². The molecule has 0 saturated heterocycles. The molecular weight excluding hydrogens is 432 g/mol. The first kappa shape index (κ1) is 23.3. The number of anilines is 2. The van der Waals surface area contributed by atoms with E-state index in [0.717, 1.165) is 17.0 Å². The first-order valence-corrected chi connectivity index (χ1v) is 9.92. The average molecular weight is 452 g/mol. The van der Waals surface area contributed by atoms with Gasteiger partial charge in [-0.25, -0.2) is 13.1 Å². The third-order valence-electron chi connectivity index (χ3n) is 3.83. The normalized spacial score (nSPS) is 10.7. The van der Waals surface area contributed by atoms with Crippen molar-refractivity contribution in [1.82, 2.24) is 14.9 Å². The molecule has 0 spiro atoms. The number of hydrogen-bond acceptors (Lipinski definition) is 9. The summed E-state index contributed by atoms with van der Waals surface area (Å²) in [5.74, 6) is -2.30. The van der Waals surface area contributed by atoms with Gasteiger partial charge in [0.1, 0.15) is 4.90 Å². The first-order chi connectivity index (χ1) is 14.5. The Kier molecular flexibility index (Phi) is 6.97. The summed E-state index contributed by atoms with van der Waals surface area (Å²) in [4.78, 5) is 43.7. The lowest BCUT2D eigenvalue weighted by Crippen LogP contribution is -2.29. The summed E-state index contributed by atoms with van der Waals surface area (Å²) in [7, 11) is 0.779.